The second kappa shape index (κ2) is 8.01. The van der Waals surface area contributed by atoms with Gasteiger partial charge in [-0.15, -0.1) is 10.2 Å². The molecule has 134 valence electrons. The average Bonchev–Trinajstić information content (AvgIpc) is 3.02. The number of hydrogen-bond donors (Lipinski definition) is 0. The van der Waals surface area contributed by atoms with Gasteiger partial charge in [-0.1, -0.05) is 42.1 Å². The Bertz CT molecular complexity index is 881. The summed E-state index contributed by atoms with van der Waals surface area (Å²) >= 11 is 1.34. The molecule has 0 radical (unpaired) electrons. The lowest BCUT2D eigenvalue weighted by molar-refractivity contribution is -0.479. The third-order valence-electron chi connectivity index (χ3n) is 3.86. The molecule has 0 unspecified atom stereocenters. The highest BCUT2D eigenvalue weighted by atomic mass is 32.2. The maximum absolute atomic E-state index is 11.1. The fourth-order valence-corrected chi connectivity index (χ4v) is 3.76. The fourth-order valence-electron chi connectivity index (χ4n) is 2.59. The van der Waals surface area contributed by atoms with Crippen molar-refractivity contribution in [1.82, 2.24) is 14.8 Å². The molecule has 1 atom stereocenters. The molecule has 8 heteroatoms. The highest BCUT2D eigenvalue weighted by molar-refractivity contribution is 7.99. The number of ether oxygens (including phenoxy) is 1. The quantitative estimate of drug-likeness (QED) is 0.358. The number of hydrogen-bond acceptors (Lipinski definition) is 6. The largest absolute Gasteiger partial charge is 0.497 e. The Morgan fingerprint density at radius 3 is 2.46 bits per heavy atom. The molecule has 0 saturated heterocycles. The van der Waals surface area contributed by atoms with E-state index in [1.807, 2.05) is 66.1 Å². The van der Waals surface area contributed by atoms with Crippen molar-refractivity contribution >= 4 is 11.8 Å². The van der Waals surface area contributed by atoms with Gasteiger partial charge in [0.1, 0.15) is 16.8 Å². The lowest BCUT2D eigenvalue weighted by atomic mass is 10.1. The van der Waals surface area contributed by atoms with Crippen molar-refractivity contribution in [1.29, 1.82) is 0 Å². The smallest absolute Gasteiger partial charge is 0.220 e. The maximum atomic E-state index is 11.1. The minimum Gasteiger partial charge on any atom is -0.497 e. The Morgan fingerprint density at radius 1 is 1.15 bits per heavy atom. The van der Waals surface area contributed by atoms with Crippen LogP contribution in [0, 0.1) is 17.0 Å². The summed E-state index contributed by atoms with van der Waals surface area (Å²) in [5.74, 6) is 1.47. The van der Waals surface area contributed by atoms with Gasteiger partial charge in [-0.3, -0.25) is 14.7 Å². The van der Waals surface area contributed by atoms with E-state index in [0.29, 0.717) is 11.0 Å². The highest BCUT2D eigenvalue weighted by Crippen LogP contribution is 2.35. The van der Waals surface area contributed by atoms with Crippen LogP contribution in [0.5, 0.6) is 5.75 Å². The van der Waals surface area contributed by atoms with Gasteiger partial charge in [0.05, 0.1) is 7.11 Å². The molecular formula is C18H18N4O3S. The van der Waals surface area contributed by atoms with Crippen molar-refractivity contribution in [2.24, 2.45) is 0 Å². The normalized spacial score (nSPS) is 11.9. The van der Waals surface area contributed by atoms with Crippen LogP contribution in [0.1, 0.15) is 16.6 Å². The molecular weight excluding hydrogens is 352 g/mol. The third-order valence-corrected chi connectivity index (χ3v) is 5.04. The number of aromatic nitrogens is 3. The standard InChI is InChI=1S/C18H18N4O3S/c1-13-19-20-18(22(13)15-8-10-16(25-2)11-9-15)26-17(12-21(23)24)14-6-4-3-5-7-14/h3-11,17H,12H2,1-2H3/t17-/m0/s1. The zero-order chi connectivity index (χ0) is 18.5. The first-order valence-corrected chi connectivity index (χ1v) is 8.86. The summed E-state index contributed by atoms with van der Waals surface area (Å²) in [6.45, 7) is 1.66. The number of aryl methyl sites for hydroxylation is 1. The monoisotopic (exact) mass is 370 g/mol. The van der Waals surface area contributed by atoms with Gasteiger partial charge >= 0.3 is 0 Å². The molecule has 26 heavy (non-hydrogen) atoms. The van der Waals surface area contributed by atoms with Crippen molar-refractivity contribution in [2.45, 2.75) is 17.3 Å². The minimum absolute atomic E-state index is 0.191. The Morgan fingerprint density at radius 2 is 1.85 bits per heavy atom. The van der Waals surface area contributed by atoms with Gasteiger partial charge in [-0.2, -0.15) is 0 Å². The molecule has 0 aliphatic rings. The first-order valence-electron chi connectivity index (χ1n) is 7.98. The summed E-state index contributed by atoms with van der Waals surface area (Å²) in [4.78, 5) is 10.8. The molecule has 1 heterocycles. The van der Waals surface area contributed by atoms with E-state index in [-0.39, 0.29) is 16.7 Å². The summed E-state index contributed by atoms with van der Waals surface area (Å²) in [6, 6.07) is 17.0. The first-order chi connectivity index (χ1) is 12.6. The van der Waals surface area contributed by atoms with E-state index in [1.165, 1.54) is 11.8 Å². The van der Waals surface area contributed by atoms with E-state index in [2.05, 4.69) is 10.2 Å². The van der Waals surface area contributed by atoms with Crippen LogP contribution in [-0.2, 0) is 0 Å². The van der Waals surface area contributed by atoms with Crippen LogP contribution in [0.3, 0.4) is 0 Å². The summed E-state index contributed by atoms with van der Waals surface area (Å²) in [5, 5.41) is 19.8. The predicted molar refractivity (Wildman–Crippen MR) is 99.5 cm³/mol. The average molecular weight is 370 g/mol. The fraction of sp³-hybridized carbons (Fsp3) is 0.222. The second-order valence-corrected chi connectivity index (χ2v) is 6.77. The Hall–Kier alpha value is -2.87. The van der Waals surface area contributed by atoms with Crippen molar-refractivity contribution in [3.05, 3.63) is 76.1 Å². The molecule has 2 aromatic carbocycles. The Kier molecular flexibility index (Phi) is 5.52. The zero-order valence-electron chi connectivity index (χ0n) is 14.4. The number of methoxy groups -OCH3 is 1. The van der Waals surface area contributed by atoms with E-state index in [0.717, 1.165) is 17.0 Å². The maximum Gasteiger partial charge on any atom is 0.220 e. The molecule has 0 saturated carbocycles. The zero-order valence-corrected chi connectivity index (χ0v) is 15.2. The van der Waals surface area contributed by atoms with Gasteiger partial charge in [0.2, 0.25) is 6.54 Å². The van der Waals surface area contributed by atoms with Crippen molar-refractivity contribution < 1.29 is 9.66 Å². The summed E-state index contributed by atoms with van der Waals surface area (Å²) in [6.07, 6.45) is 0. The molecule has 0 aliphatic heterocycles. The Labute approximate surface area is 155 Å². The van der Waals surface area contributed by atoms with Crippen LogP contribution < -0.4 is 4.74 Å². The van der Waals surface area contributed by atoms with Crippen molar-refractivity contribution in [3.8, 4) is 11.4 Å². The molecule has 3 rings (SSSR count). The number of nitrogens with zero attached hydrogens (tertiary/aromatic N) is 4. The molecule has 7 nitrogen and oxygen atoms in total. The molecule has 0 fully saturated rings. The van der Waals surface area contributed by atoms with Gasteiger partial charge in [-0.05, 0) is 36.8 Å². The van der Waals surface area contributed by atoms with Gasteiger partial charge in [0.25, 0.3) is 0 Å². The summed E-state index contributed by atoms with van der Waals surface area (Å²) in [5.41, 5.74) is 1.76. The third kappa shape index (κ3) is 4.02. The number of nitro groups is 1. The summed E-state index contributed by atoms with van der Waals surface area (Å²) < 4.78 is 7.08. The van der Waals surface area contributed by atoms with E-state index in [9.17, 15) is 10.1 Å². The van der Waals surface area contributed by atoms with E-state index in [1.54, 1.807) is 7.11 Å². The number of benzene rings is 2. The van der Waals surface area contributed by atoms with E-state index >= 15 is 0 Å². The SMILES string of the molecule is COc1ccc(-n2c(C)nnc2S[C@@H](C[N+](=O)[O-])c2ccccc2)cc1. The second-order valence-electron chi connectivity index (χ2n) is 5.60. The van der Waals surface area contributed by atoms with Gasteiger partial charge in [-0.25, -0.2) is 0 Å². The van der Waals surface area contributed by atoms with Crippen LogP contribution in [0.4, 0.5) is 0 Å². The van der Waals surface area contributed by atoms with Crippen LogP contribution in [-0.4, -0.2) is 33.3 Å². The first kappa shape index (κ1) is 17.9. The van der Waals surface area contributed by atoms with E-state index < -0.39 is 0 Å². The molecule has 3 aromatic rings. The lowest BCUT2D eigenvalue weighted by Crippen LogP contribution is -2.11. The molecule has 0 N–H and O–H groups in total. The van der Waals surface area contributed by atoms with Crippen LogP contribution in [0.15, 0.2) is 59.8 Å². The predicted octanol–water partition coefficient (Wildman–Crippen LogP) is 3.69. The van der Waals surface area contributed by atoms with Gasteiger partial charge in [0, 0.05) is 10.6 Å². The highest BCUT2D eigenvalue weighted by Gasteiger charge is 2.23. The van der Waals surface area contributed by atoms with Crippen molar-refractivity contribution in [3.63, 3.8) is 0 Å². The summed E-state index contributed by atoms with van der Waals surface area (Å²) in [7, 11) is 1.61. The van der Waals surface area contributed by atoms with Crippen molar-refractivity contribution in [2.75, 3.05) is 13.7 Å². The van der Waals surface area contributed by atoms with Crippen LogP contribution in [0.25, 0.3) is 5.69 Å². The van der Waals surface area contributed by atoms with Crippen LogP contribution in [0.2, 0.25) is 0 Å². The molecule has 0 spiro atoms. The number of rotatable bonds is 7. The van der Waals surface area contributed by atoms with Gasteiger partial charge < -0.3 is 4.74 Å². The van der Waals surface area contributed by atoms with Gasteiger partial charge in [0.15, 0.2) is 5.16 Å². The Balaban J connectivity index is 1.94. The lowest BCUT2D eigenvalue weighted by Gasteiger charge is -2.14. The van der Waals surface area contributed by atoms with E-state index in [4.69, 9.17) is 4.74 Å². The molecule has 0 aliphatic carbocycles. The topological polar surface area (TPSA) is 83.1 Å². The minimum atomic E-state index is -0.355. The molecule has 1 aromatic heterocycles. The molecule has 0 bridgehead atoms. The van der Waals surface area contributed by atoms with Crippen LogP contribution >= 0.6 is 11.8 Å². The molecule has 0 amide bonds. The number of thioether (sulfide) groups is 1.